The van der Waals surface area contributed by atoms with Gasteiger partial charge in [-0.15, -0.1) is 0 Å². The van der Waals surface area contributed by atoms with Crippen LogP contribution in [-0.2, 0) is 27.2 Å². The molecule has 43 heavy (non-hydrogen) atoms. The van der Waals surface area contributed by atoms with Crippen LogP contribution in [0, 0.1) is 23.2 Å². The smallest absolute Gasteiger partial charge is 0.369 e. The third-order valence-electron chi connectivity index (χ3n) is 9.35. The lowest BCUT2D eigenvalue weighted by Gasteiger charge is -2.44. The van der Waals surface area contributed by atoms with Crippen LogP contribution in [0.4, 0.5) is 0 Å². The molecule has 0 aromatic heterocycles. The molecule has 3 rings (SSSR count). The van der Waals surface area contributed by atoms with Gasteiger partial charge in [0, 0.05) is 6.42 Å². The molecule has 0 heterocycles. The molecule has 0 spiro atoms. The quantitative estimate of drug-likeness (QED) is 0.143. The van der Waals surface area contributed by atoms with E-state index in [1.807, 2.05) is 0 Å². The highest BCUT2D eigenvalue weighted by Gasteiger charge is 2.50. The van der Waals surface area contributed by atoms with E-state index in [-0.39, 0.29) is 42.8 Å². The Morgan fingerprint density at radius 1 is 1.00 bits per heavy atom. The minimum atomic E-state index is -3.93. The molecular formula is C33H54O8P2. The first kappa shape index (κ1) is 36.4. The van der Waals surface area contributed by atoms with Gasteiger partial charge in [0.1, 0.15) is 0 Å². The molecule has 244 valence electrons. The Kier molecular flexibility index (Phi) is 13.5. The zero-order valence-corrected chi connectivity index (χ0v) is 28.8. The van der Waals surface area contributed by atoms with Crippen molar-refractivity contribution in [3.05, 3.63) is 58.7 Å². The Labute approximate surface area is 259 Å². The van der Waals surface area contributed by atoms with Crippen molar-refractivity contribution < 1.29 is 37.4 Å². The molecule has 0 saturated heterocycles. The first-order valence-corrected chi connectivity index (χ1v) is 19.1. The van der Waals surface area contributed by atoms with Crippen LogP contribution < -0.4 is 0 Å². The lowest BCUT2D eigenvalue weighted by Crippen LogP contribution is -2.35. The van der Waals surface area contributed by atoms with Crippen molar-refractivity contribution >= 4 is 15.2 Å². The van der Waals surface area contributed by atoms with E-state index in [4.69, 9.17) is 18.1 Å². The number of hydrogen-bond acceptors (Lipinski definition) is 8. The summed E-state index contributed by atoms with van der Waals surface area (Å²) in [5.74, 6) is 1.11. The average Bonchev–Trinajstić information content (AvgIpc) is 3.30. The number of fused-ring (bicyclic) bond motifs is 1. The van der Waals surface area contributed by atoms with Gasteiger partial charge in [0.25, 0.3) is 0 Å². The first-order chi connectivity index (χ1) is 20.4. The minimum Gasteiger partial charge on any atom is -0.393 e. The molecule has 0 radical (unpaired) electrons. The van der Waals surface area contributed by atoms with Crippen LogP contribution in [-0.4, -0.2) is 48.8 Å². The Balaban J connectivity index is 1.88. The zero-order valence-electron chi connectivity index (χ0n) is 27.0. The van der Waals surface area contributed by atoms with Gasteiger partial charge >= 0.3 is 15.2 Å². The summed E-state index contributed by atoms with van der Waals surface area (Å²) < 4.78 is 49.9. The van der Waals surface area contributed by atoms with Gasteiger partial charge in [-0.25, -0.2) is 0 Å². The molecule has 3 aliphatic carbocycles. The molecule has 3 saturated carbocycles. The molecule has 2 N–H and O–H groups in total. The maximum Gasteiger partial charge on any atom is 0.369 e. The van der Waals surface area contributed by atoms with Crippen LogP contribution in [0.25, 0.3) is 0 Å². The fourth-order valence-electron chi connectivity index (χ4n) is 7.41. The van der Waals surface area contributed by atoms with E-state index in [9.17, 15) is 19.3 Å². The van der Waals surface area contributed by atoms with Gasteiger partial charge in [-0.2, -0.15) is 0 Å². The Hall–Kier alpha value is -1.08. The molecular weight excluding hydrogens is 586 g/mol. The normalized spacial score (nSPS) is 31.1. The lowest BCUT2D eigenvalue weighted by atomic mass is 9.61. The fraction of sp³-hybridized carbons (Fsp3) is 0.697. The SMILES string of the molecule is C=C1/C(=C\C=C2/CCC[C@]3(C)[C@@H]([C@H](C)/C=C/C=C(P(=O)(OCC)OCC)P(=O)(OCC)OCC)CC[C@@H]23)C[C@@H](O)C[C@@H]1O. The molecule has 0 aliphatic heterocycles. The lowest BCUT2D eigenvalue weighted by molar-refractivity contribution is 0.0862. The number of aliphatic hydroxyl groups is 2. The van der Waals surface area contributed by atoms with Gasteiger partial charge < -0.3 is 28.3 Å². The molecule has 10 heteroatoms. The summed E-state index contributed by atoms with van der Waals surface area (Å²) >= 11 is 0. The van der Waals surface area contributed by atoms with Crippen LogP contribution in [0.3, 0.4) is 0 Å². The summed E-state index contributed by atoms with van der Waals surface area (Å²) in [6.07, 6.45) is 14.9. The maximum absolute atomic E-state index is 13.8. The van der Waals surface area contributed by atoms with Crippen molar-refractivity contribution in [3.63, 3.8) is 0 Å². The standard InChI is InChI=1S/C33H54O8P2/c1-8-38-42(36,39-9-2)32(43(37,40-10-3)41-11-4)16-12-14-24(5)29-19-20-30-26(15-13-21-33(29,30)7)17-18-27-22-28(34)23-31(35)25(27)6/h12,14,16-18,24,28-31,34-35H,6,8-11,13,15,19-23H2,1-5,7H3/b14-12+,26-17+,27-18-/t24-,28-,29-,30+,31+,33-/m1/s1. The van der Waals surface area contributed by atoms with E-state index in [0.29, 0.717) is 30.3 Å². The van der Waals surface area contributed by atoms with Gasteiger partial charge in [-0.3, -0.25) is 9.13 Å². The third kappa shape index (κ3) is 8.40. The highest BCUT2D eigenvalue weighted by atomic mass is 31.2. The summed E-state index contributed by atoms with van der Waals surface area (Å²) in [7, 11) is -7.85. The van der Waals surface area contributed by atoms with Crippen molar-refractivity contribution in [2.45, 2.75) is 98.7 Å². The molecule has 6 atom stereocenters. The molecule has 3 aliphatic rings. The molecule has 0 unspecified atom stereocenters. The van der Waals surface area contributed by atoms with Crippen molar-refractivity contribution in [2.75, 3.05) is 26.4 Å². The average molecular weight is 641 g/mol. The van der Waals surface area contributed by atoms with Crippen molar-refractivity contribution in [3.8, 4) is 0 Å². The summed E-state index contributed by atoms with van der Waals surface area (Å²) in [6, 6.07) is 0. The second-order valence-electron chi connectivity index (χ2n) is 12.1. The van der Waals surface area contributed by atoms with Crippen LogP contribution in [0.15, 0.2) is 58.7 Å². The Bertz CT molecular complexity index is 1140. The number of rotatable bonds is 14. The van der Waals surface area contributed by atoms with Crippen LogP contribution >= 0.6 is 15.2 Å². The molecule has 8 nitrogen and oxygen atoms in total. The topological polar surface area (TPSA) is 112 Å². The van der Waals surface area contributed by atoms with Gasteiger partial charge in [-0.05, 0) is 107 Å². The zero-order chi connectivity index (χ0) is 31.8. The van der Waals surface area contributed by atoms with E-state index < -0.39 is 27.4 Å². The highest BCUT2D eigenvalue weighted by Crippen LogP contribution is 2.74. The van der Waals surface area contributed by atoms with E-state index in [0.717, 1.165) is 37.7 Å². The van der Waals surface area contributed by atoms with Crippen LogP contribution in [0.2, 0.25) is 0 Å². The summed E-state index contributed by atoms with van der Waals surface area (Å²) in [5.41, 5.74) is 3.22. The van der Waals surface area contributed by atoms with E-state index >= 15 is 0 Å². The summed E-state index contributed by atoms with van der Waals surface area (Å²) in [6.45, 7) is 16.0. The van der Waals surface area contributed by atoms with Gasteiger partial charge in [0.15, 0.2) is 5.06 Å². The van der Waals surface area contributed by atoms with E-state index in [1.54, 1.807) is 39.8 Å². The molecule has 3 fully saturated rings. The van der Waals surface area contributed by atoms with Crippen LogP contribution in [0.5, 0.6) is 0 Å². The molecule has 0 amide bonds. The number of hydrogen-bond donors (Lipinski definition) is 2. The van der Waals surface area contributed by atoms with Gasteiger partial charge in [-0.1, -0.05) is 50.3 Å². The van der Waals surface area contributed by atoms with E-state index in [1.165, 1.54) is 5.57 Å². The second-order valence-corrected chi connectivity index (χ2v) is 16.4. The van der Waals surface area contributed by atoms with Crippen molar-refractivity contribution in [2.24, 2.45) is 23.2 Å². The van der Waals surface area contributed by atoms with Crippen molar-refractivity contribution in [1.29, 1.82) is 0 Å². The van der Waals surface area contributed by atoms with E-state index in [2.05, 4.69) is 38.7 Å². The second kappa shape index (κ2) is 16.0. The monoisotopic (exact) mass is 640 g/mol. The Morgan fingerprint density at radius 2 is 1.58 bits per heavy atom. The Morgan fingerprint density at radius 3 is 2.14 bits per heavy atom. The fourth-order valence-corrected chi connectivity index (χ4v) is 11.9. The van der Waals surface area contributed by atoms with Crippen LogP contribution in [0.1, 0.15) is 86.5 Å². The predicted molar refractivity (Wildman–Crippen MR) is 173 cm³/mol. The molecule has 0 bridgehead atoms. The number of aliphatic hydroxyl groups excluding tert-OH is 2. The first-order valence-electron chi connectivity index (χ1n) is 16.0. The van der Waals surface area contributed by atoms with Crippen molar-refractivity contribution in [1.82, 2.24) is 0 Å². The van der Waals surface area contributed by atoms with Gasteiger partial charge in [0.05, 0.1) is 38.6 Å². The summed E-state index contributed by atoms with van der Waals surface area (Å²) in [5, 5.41) is 20.3. The molecule has 0 aromatic carbocycles. The maximum atomic E-state index is 13.8. The minimum absolute atomic E-state index is 0.0678. The predicted octanol–water partition coefficient (Wildman–Crippen LogP) is 8.69. The highest BCUT2D eigenvalue weighted by molar-refractivity contribution is 7.78. The summed E-state index contributed by atoms with van der Waals surface area (Å²) in [4.78, 5) is 0. The third-order valence-corrected chi connectivity index (χ3v) is 14.6. The largest absolute Gasteiger partial charge is 0.393 e. The number of allylic oxidation sites excluding steroid dienone is 6. The molecule has 0 aromatic rings. The van der Waals surface area contributed by atoms with Gasteiger partial charge in [0.2, 0.25) is 0 Å².